The van der Waals surface area contributed by atoms with Crippen molar-refractivity contribution in [2.24, 2.45) is 0 Å². The lowest BCUT2D eigenvalue weighted by atomic mass is 10.0. The van der Waals surface area contributed by atoms with Gasteiger partial charge in [-0.15, -0.1) is 0 Å². The fourth-order valence-corrected chi connectivity index (χ4v) is 2.14. The third-order valence-corrected chi connectivity index (χ3v) is 3.56. The van der Waals surface area contributed by atoms with E-state index < -0.39 is 0 Å². The largest absolute Gasteiger partial charge is 0.493 e. The number of hydrogen-bond acceptors (Lipinski definition) is 2. The molecule has 0 atom stereocenters. The maximum atomic E-state index is 5.93. The number of aryl methyl sites for hydroxylation is 1. The quantitative estimate of drug-likeness (QED) is 0.628. The normalized spacial score (nSPS) is 11.1. The molecule has 0 aromatic heterocycles. The summed E-state index contributed by atoms with van der Waals surface area (Å²) in [5.41, 5.74) is 2.59. The van der Waals surface area contributed by atoms with E-state index in [4.69, 9.17) is 4.74 Å². The van der Waals surface area contributed by atoms with Gasteiger partial charge < -0.3 is 10.1 Å². The second-order valence-corrected chi connectivity index (χ2v) is 5.84. The van der Waals surface area contributed by atoms with E-state index in [2.05, 4.69) is 51.2 Å². The highest BCUT2D eigenvalue weighted by molar-refractivity contribution is 5.37. The molecular weight excluding hydrogens is 246 g/mol. The van der Waals surface area contributed by atoms with Crippen LogP contribution in [-0.2, 0) is 0 Å². The summed E-state index contributed by atoms with van der Waals surface area (Å²) >= 11 is 0. The van der Waals surface area contributed by atoms with Gasteiger partial charge in [0.15, 0.2) is 0 Å². The van der Waals surface area contributed by atoms with Crippen LogP contribution in [0.1, 0.15) is 63.5 Å². The summed E-state index contributed by atoms with van der Waals surface area (Å²) in [4.78, 5) is 0. The molecule has 1 rings (SSSR count). The van der Waals surface area contributed by atoms with Gasteiger partial charge in [0.25, 0.3) is 0 Å². The molecule has 0 aliphatic heterocycles. The molecule has 0 heterocycles. The minimum Gasteiger partial charge on any atom is -0.493 e. The summed E-state index contributed by atoms with van der Waals surface area (Å²) in [5.74, 6) is 1.61. The Kier molecular flexibility index (Phi) is 8.36. The van der Waals surface area contributed by atoms with Gasteiger partial charge in [0, 0.05) is 0 Å². The van der Waals surface area contributed by atoms with Crippen LogP contribution in [0.25, 0.3) is 0 Å². The van der Waals surface area contributed by atoms with Crippen LogP contribution in [-0.4, -0.2) is 19.7 Å². The van der Waals surface area contributed by atoms with Gasteiger partial charge in [0.1, 0.15) is 5.75 Å². The molecule has 1 aromatic carbocycles. The third kappa shape index (κ3) is 6.42. The van der Waals surface area contributed by atoms with E-state index in [9.17, 15) is 0 Å². The number of unbranched alkanes of at least 4 members (excludes halogenated alkanes) is 2. The molecule has 0 aliphatic rings. The molecule has 2 heteroatoms. The van der Waals surface area contributed by atoms with Crippen LogP contribution in [0.3, 0.4) is 0 Å². The molecule has 0 bridgehead atoms. The Labute approximate surface area is 124 Å². The summed E-state index contributed by atoms with van der Waals surface area (Å²) in [6.07, 6.45) is 4.84. The van der Waals surface area contributed by atoms with Crippen LogP contribution >= 0.6 is 0 Å². The monoisotopic (exact) mass is 277 g/mol. The van der Waals surface area contributed by atoms with E-state index >= 15 is 0 Å². The zero-order chi connectivity index (χ0) is 14.8. The Balaban J connectivity index is 2.23. The average molecular weight is 277 g/mol. The van der Waals surface area contributed by atoms with E-state index in [1.165, 1.54) is 30.4 Å². The second-order valence-electron chi connectivity index (χ2n) is 5.84. The lowest BCUT2D eigenvalue weighted by Gasteiger charge is -2.12. The van der Waals surface area contributed by atoms with Gasteiger partial charge in [-0.2, -0.15) is 0 Å². The minimum atomic E-state index is 0.558. The number of hydrogen-bond donors (Lipinski definition) is 1. The minimum absolute atomic E-state index is 0.558. The first-order valence-electron chi connectivity index (χ1n) is 8.09. The zero-order valence-corrected chi connectivity index (χ0v) is 13.7. The Morgan fingerprint density at radius 3 is 2.60 bits per heavy atom. The number of rotatable bonds is 10. The van der Waals surface area contributed by atoms with Crippen LogP contribution in [0, 0.1) is 6.92 Å². The fraction of sp³-hybridized carbons (Fsp3) is 0.667. The first-order valence-corrected chi connectivity index (χ1v) is 8.09. The van der Waals surface area contributed by atoms with Crippen LogP contribution in [0.5, 0.6) is 5.75 Å². The highest BCUT2D eigenvalue weighted by Crippen LogP contribution is 2.24. The Bertz CT molecular complexity index is 374. The molecule has 0 amide bonds. The number of nitrogens with one attached hydrogen (secondary N) is 1. The van der Waals surface area contributed by atoms with Crippen molar-refractivity contribution in [1.82, 2.24) is 5.32 Å². The SMILES string of the molecule is CCCNCCCCCOc1cc(C(C)C)ccc1C. The first kappa shape index (κ1) is 17.0. The van der Waals surface area contributed by atoms with E-state index in [-0.39, 0.29) is 0 Å². The predicted octanol–water partition coefficient (Wildman–Crippen LogP) is 4.67. The van der Waals surface area contributed by atoms with Crippen LogP contribution < -0.4 is 10.1 Å². The second kappa shape index (κ2) is 9.82. The Morgan fingerprint density at radius 2 is 1.90 bits per heavy atom. The summed E-state index contributed by atoms with van der Waals surface area (Å²) < 4.78 is 5.93. The van der Waals surface area contributed by atoms with Gasteiger partial charge in [-0.3, -0.25) is 0 Å². The number of ether oxygens (including phenoxy) is 1. The first-order chi connectivity index (χ1) is 9.65. The maximum Gasteiger partial charge on any atom is 0.122 e. The zero-order valence-electron chi connectivity index (χ0n) is 13.7. The molecule has 1 N–H and O–H groups in total. The van der Waals surface area contributed by atoms with E-state index in [0.29, 0.717) is 5.92 Å². The lowest BCUT2D eigenvalue weighted by molar-refractivity contribution is 0.302. The van der Waals surface area contributed by atoms with Crippen molar-refractivity contribution in [2.45, 2.75) is 59.3 Å². The van der Waals surface area contributed by atoms with Crippen LogP contribution in [0.2, 0.25) is 0 Å². The summed E-state index contributed by atoms with van der Waals surface area (Å²) in [6, 6.07) is 6.56. The van der Waals surface area contributed by atoms with Crippen molar-refractivity contribution in [3.63, 3.8) is 0 Å². The summed E-state index contributed by atoms with van der Waals surface area (Å²) in [6.45, 7) is 11.9. The lowest BCUT2D eigenvalue weighted by Crippen LogP contribution is -2.15. The van der Waals surface area contributed by atoms with Crippen molar-refractivity contribution < 1.29 is 4.74 Å². The Morgan fingerprint density at radius 1 is 1.10 bits per heavy atom. The summed E-state index contributed by atoms with van der Waals surface area (Å²) in [5, 5.41) is 3.43. The van der Waals surface area contributed by atoms with Crippen molar-refractivity contribution in [3.05, 3.63) is 29.3 Å². The van der Waals surface area contributed by atoms with Crippen molar-refractivity contribution >= 4 is 0 Å². The summed E-state index contributed by atoms with van der Waals surface area (Å²) in [7, 11) is 0. The topological polar surface area (TPSA) is 21.3 Å². The van der Waals surface area contributed by atoms with E-state index in [0.717, 1.165) is 31.9 Å². The van der Waals surface area contributed by atoms with Crippen LogP contribution in [0.15, 0.2) is 18.2 Å². The molecular formula is C18H31NO. The van der Waals surface area contributed by atoms with Gasteiger partial charge in [0.05, 0.1) is 6.61 Å². The van der Waals surface area contributed by atoms with Crippen molar-refractivity contribution in [3.8, 4) is 5.75 Å². The van der Waals surface area contributed by atoms with Crippen molar-refractivity contribution in [2.75, 3.05) is 19.7 Å². The molecule has 0 saturated carbocycles. The molecule has 0 aliphatic carbocycles. The van der Waals surface area contributed by atoms with Crippen LogP contribution in [0.4, 0.5) is 0 Å². The standard InChI is InChI=1S/C18H31NO/c1-5-11-19-12-7-6-8-13-20-18-14-17(15(2)3)10-9-16(18)4/h9-10,14-15,19H,5-8,11-13H2,1-4H3. The van der Waals surface area contributed by atoms with Crippen molar-refractivity contribution in [1.29, 1.82) is 0 Å². The van der Waals surface area contributed by atoms with E-state index in [1.54, 1.807) is 0 Å². The predicted molar refractivity (Wildman–Crippen MR) is 87.8 cm³/mol. The number of benzene rings is 1. The Hall–Kier alpha value is -1.02. The molecule has 0 fully saturated rings. The smallest absolute Gasteiger partial charge is 0.122 e. The maximum absolute atomic E-state index is 5.93. The molecule has 2 nitrogen and oxygen atoms in total. The third-order valence-electron chi connectivity index (χ3n) is 3.56. The fourth-order valence-electron chi connectivity index (χ4n) is 2.14. The van der Waals surface area contributed by atoms with Gasteiger partial charge in [0.2, 0.25) is 0 Å². The molecule has 1 aromatic rings. The molecule has 0 spiro atoms. The molecule has 114 valence electrons. The average Bonchev–Trinajstić information content (AvgIpc) is 2.43. The highest BCUT2D eigenvalue weighted by Gasteiger charge is 2.04. The molecule has 0 saturated heterocycles. The van der Waals surface area contributed by atoms with Gasteiger partial charge in [-0.05, 0) is 68.8 Å². The van der Waals surface area contributed by atoms with Gasteiger partial charge in [-0.25, -0.2) is 0 Å². The van der Waals surface area contributed by atoms with Gasteiger partial charge >= 0.3 is 0 Å². The molecule has 20 heavy (non-hydrogen) atoms. The van der Waals surface area contributed by atoms with Gasteiger partial charge in [-0.1, -0.05) is 32.9 Å². The molecule has 0 radical (unpaired) electrons. The van der Waals surface area contributed by atoms with E-state index in [1.807, 2.05) is 0 Å². The molecule has 0 unspecified atom stereocenters. The highest BCUT2D eigenvalue weighted by atomic mass is 16.5.